The van der Waals surface area contributed by atoms with E-state index < -0.39 is 0 Å². The zero-order valence-electron chi connectivity index (χ0n) is 24.8. The van der Waals surface area contributed by atoms with Crippen LogP contribution >= 0.6 is 0 Å². The first-order valence-electron chi connectivity index (χ1n) is 14.1. The van der Waals surface area contributed by atoms with Crippen molar-refractivity contribution in [1.82, 2.24) is 9.80 Å². The van der Waals surface area contributed by atoms with Crippen molar-refractivity contribution in [2.75, 3.05) is 20.6 Å². The summed E-state index contributed by atoms with van der Waals surface area (Å²) >= 11 is 0. The van der Waals surface area contributed by atoms with Gasteiger partial charge in [0.1, 0.15) is 0 Å². The van der Waals surface area contributed by atoms with Gasteiger partial charge < -0.3 is 9.80 Å². The van der Waals surface area contributed by atoms with Crippen molar-refractivity contribution < 1.29 is 0 Å². The molecule has 2 heteroatoms. The number of aryl methyl sites for hydroxylation is 1. The second-order valence-corrected chi connectivity index (χ2v) is 10.5. The molecular formula is C35H58N2. The van der Waals surface area contributed by atoms with Crippen molar-refractivity contribution in [2.45, 2.75) is 100.0 Å². The van der Waals surface area contributed by atoms with E-state index in [2.05, 4.69) is 102 Å². The van der Waals surface area contributed by atoms with Crippen molar-refractivity contribution in [2.24, 2.45) is 5.92 Å². The van der Waals surface area contributed by atoms with E-state index in [-0.39, 0.29) is 7.43 Å². The summed E-state index contributed by atoms with van der Waals surface area (Å²) in [5.41, 5.74) is 8.72. The molecule has 0 unspecified atom stereocenters. The molecule has 0 atom stereocenters. The zero-order valence-corrected chi connectivity index (χ0v) is 24.8. The van der Waals surface area contributed by atoms with Crippen LogP contribution in [0.2, 0.25) is 0 Å². The van der Waals surface area contributed by atoms with Gasteiger partial charge in [0, 0.05) is 38.1 Å². The molecule has 2 nitrogen and oxygen atoms in total. The van der Waals surface area contributed by atoms with Crippen LogP contribution in [0.3, 0.4) is 0 Å². The summed E-state index contributed by atoms with van der Waals surface area (Å²) in [6.07, 6.45) is 12.6. The molecule has 1 saturated carbocycles. The summed E-state index contributed by atoms with van der Waals surface area (Å²) in [6.45, 7) is 26.7. The number of hydrogen-bond donors (Lipinski definition) is 0. The lowest BCUT2D eigenvalue weighted by Crippen LogP contribution is -2.33. The molecule has 0 aliphatic heterocycles. The predicted molar refractivity (Wildman–Crippen MR) is 170 cm³/mol. The molecule has 1 aliphatic rings. The summed E-state index contributed by atoms with van der Waals surface area (Å²) in [7, 11) is 4.39. The molecular weight excluding hydrogens is 448 g/mol. The topological polar surface area (TPSA) is 6.48 Å². The SMILES string of the molecule is C.C=C/C=C(C)\C(C(=C)CCc1ccc(C(=C)N(C)CC(C)C)cc1)=C(/C)N(C)C1CCCCC1.CC. The fourth-order valence-corrected chi connectivity index (χ4v) is 5.16. The number of allylic oxidation sites excluding steroid dienone is 6. The van der Waals surface area contributed by atoms with Crippen molar-refractivity contribution in [1.29, 1.82) is 0 Å². The number of rotatable bonds is 12. The zero-order chi connectivity index (χ0) is 27.3. The second-order valence-electron chi connectivity index (χ2n) is 10.5. The minimum Gasteiger partial charge on any atom is -0.375 e. The van der Waals surface area contributed by atoms with Crippen LogP contribution in [0.25, 0.3) is 5.70 Å². The molecule has 0 aromatic heterocycles. The first-order chi connectivity index (χ1) is 17.1. The average Bonchev–Trinajstić information content (AvgIpc) is 2.88. The lowest BCUT2D eigenvalue weighted by atomic mass is 9.90. The molecule has 0 saturated heterocycles. The van der Waals surface area contributed by atoms with Gasteiger partial charge in [-0.25, -0.2) is 0 Å². The summed E-state index contributed by atoms with van der Waals surface area (Å²) in [4.78, 5) is 4.76. The fourth-order valence-electron chi connectivity index (χ4n) is 5.16. The van der Waals surface area contributed by atoms with Gasteiger partial charge in [-0.1, -0.05) is 111 Å². The van der Waals surface area contributed by atoms with Gasteiger partial charge in [0.2, 0.25) is 0 Å². The summed E-state index contributed by atoms with van der Waals surface area (Å²) < 4.78 is 0. The molecule has 0 amide bonds. The largest absolute Gasteiger partial charge is 0.375 e. The van der Waals surface area contributed by atoms with Crippen LogP contribution in [0.4, 0.5) is 0 Å². The van der Waals surface area contributed by atoms with Crippen molar-refractivity contribution >= 4 is 5.70 Å². The van der Waals surface area contributed by atoms with Gasteiger partial charge in [0.05, 0.1) is 0 Å². The Morgan fingerprint density at radius 2 is 1.57 bits per heavy atom. The smallest absolute Gasteiger partial charge is 0.0364 e. The maximum absolute atomic E-state index is 4.54. The Kier molecular flexibility index (Phi) is 16.7. The molecule has 0 spiro atoms. The molecule has 0 bridgehead atoms. The summed E-state index contributed by atoms with van der Waals surface area (Å²) in [5.74, 6) is 0.619. The van der Waals surface area contributed by atoms with Gasteiger partial charge in [-0.2, -0.15) is 0 Å². The molecule has 1 aromatic carbocycles. The molecule has 0 heterocycles. The van der Waals surface area contributed by atoms with Gasteiger partial charge in [-0.15, -0.1) is 0 Å². The van der Waals surface area contributed by atoms with Gasteiger partial charge in [0.15, 0.2) is 0 Å². The lowest BCUT2D eigenvalue weighted by Gasteiger charge is -2.35. The third kappa shape index (κ3) is 10.8. The minimum absolute atomic E-state index is 0. The van der Waals surface area contributed by atoms with E-state index in [1.54, 1.807) is 0 Å². The quantitative estimate of drug-likeness (QED) is 0.260. The second kappa shape index (κ2) is 17.9. The highest BCUT2D eigenvalue weighted by Crippen LogP contribution is 2.31. The Bertz CT molecular complexity index is 892. The lowest BCUT2D eigenvalue weighted by molar-refractivity contribution is 0.235. The monoisotopic (exact) mass is 506 g/mol. The third-order valence-electron chi connectivity index (χ3n) is 7.23. The molecule has 0 radical (unpaired) electrons. The van der Waals surface area contributed by atoms with Gasteiger partial charge in [-0.3, -0.25) is 0 Å². The highest BCUT2D eigenvalue weighted by molar-refractivity contribution is 5.61. The van der Waals surface area contributed by atoms with Crippen LogP contribution in [0, 0.1) is 5.92 Å². The number of hydrogen-bond acceptors (Lipinski definition) is 2. The highest BCUT2D eigenvalue weighted by atomic mass is 15.1. The Morgan fingerprint density at radius 3 is 2.08 bits per heavy atom. The third-order valence-corrected chi connectivity index (χ3v) is 7.23. The van der Waals surface area contributed by atoms with Crippen LogP contribution in [-0.2, 0) is 6.42 Å². The maximum atomic E-state index is 4.54. The van der Waals surface area contributed by atoms with E-state index in [9.17, 15) is 0 Å². The molecule has 1 aromatic rings. The first-order valence-corrected chi connectivity index (χ1v) is 14.1. The Balaban J connectivity index is 0.00000421. The van der Waals surface area contributed by atoms with Crippen molar-refractivity contribution in [3.8, 4) is 0 Å². The molecule has 37 heavy (non-hydrogen) atoms. The molecule has 1 aliphatic carbocycles. The van der Waals surface area contributed by atoms with Gasteiger partial charge in [-0.05, 0) is 73.3 Å². The predicted octanol–water partition coefficient (Wildman–Crippen LogP) is 10.1. The Morgan fingerprint density at radius 1 is 1.00 bits per heavy atom. The van der Waals surface area contributed by atoms with Crippen LogP contribution in [-0.4, -0.2) is 36.5 Å². The van der Waals surface area contributed by atoms with E-state index in [1.807, 2.05) is 19.9 Å². The van der Waals surface area contributed by atoms with E-state index in [0.29, 0.717) is 12.0 Å². The maximum Gasteiger partial charge on any atom is 0.0364 e. The summed E-state index contributed by atoms with van der Waals surface area (Å²) in [5, 5.41) is 0. The average molecular weight is 507 g/mol. The van der Waals surface area contributed by atoms with Gasteiger partial charge >= 0.3 is 0 Å². The van der Waals surface area contributed by atoms with Crippen LogP contribution in [0.5, 0.6) is 0 Å². The van der Waals surface area contributed by atoms with E-state index in [0.717, 1.165) is 25.1 Å². The van der Waals surface area contributed by atoms with Crippen LogP contribution in [0.15, 0.2) is 78.6 Å². The first kappa shape index (κ1) is 34.5. The fraction of sp³-hybridized carbons (Fsp3) is 0.543. The minimum atomic E-state index is 0. The van der Waals surface area contributed by atoms with E-state index >= 15 is 0 Å². The normalized spacial score (nSPS) is 14.6. The van der Waals surface area contributed by atoms with E-state index in [1.165, 1.54) is 65.6 Å². The number of nitrogens with zero attached hydrogens (tertiary/aromatic N) is 2. The molecule has 0 N–H and O–H groups in total. The van der Waals surface area contributed by atoms with Gasteiger partial charge in [0.25, 0.3) is 0 Å². The highest BCUT2D eigenvalue weighted by Gasteiger charge is 2.21. The molecule has 208 valence electrons. The van der Waals surface area contributed by atoms with Crippen LogP contribution in [0.1, 0.15) is 98.6 Å². The molecule has 2 rings (SSSR count). The number of benzene rings is 1. The Labute approximate surface area is 231 Å². The molecule has 1 fully saturated rings. The Hall–Kier alpha value is -2.48. The van der Waals surface area contributed by atoms with Crippen molar-refractivity contribution in [3.63, 3.8) is 0 Å². The van der Waals surface area contributed by atoms with Crippen molar-refractivity contribution in [3.05, 3.63) is 89.7 Å². The summed E-state index contributed by atoms with van der Waals surface area (Å²) in [6, 6.07) is 9.54. The van der Waals surface area contributed by atoms with E-state index in [4.69, 9.17) is 0 Å². The van der Waals surface area contributed by atoms with Crippen LogP contribution < -0.4 is 0 Å². The standard InChI is InChI=1S/C32H48N2.C2H6.CH4/c1-10-14-25(4)32(28(7)34(9)31-15-12-11-13-16-31)26(5)17-18-29-19-21-30(22-20-29)27(6)33(8)23-24(2)3;1-2;/h10,14,19-22,24,31H,1,5-6,11-13,15-18,23H2,2-4,7-9H3;1-2H3;1H4/b25-14-,32-28-;;.